The zero-order chi connectivity index (χ0) is 101. The van der Waals surface area contributed by atoms with Crippen molar-refractivity contribution >= 4 is 70.0 Å². The van der Waals surface area contributed by atoms with Crippen LogP contribution in [0.4, 0.5) is 0 Å². The predicted octanol–water partition coefficient (Wildman–Crippen LogP) is 27.4. The van der Waals surface area contributed by atoms with Crippen molar-refractivity contribution in [3.05, 3.63) is 235 Å². The highest BCUT2D eigenvalue weighted by Crippen LogP contribution is 2.60. The molecule has 0 radical (unpaired) electrons. The van der Waals surface area contributed by atoms with E-state index in [0.29, 0.717) is 243 Å². The zero-order valence-electron chi connectivity index (χ0n) is 86.0. The third-order valence-corrected chi connectivity index (χ3v) is 31.0. The standard InChI is InChI=1S/C124H138N8O16/c1-5-9-17-37-77-85-65-87-78(38-18-10-6-2)89-67-91-80(40-20-12-8-4)92-68-90-79(39-19-11-7-3)88-66-86(77)118-94-70-126-110(134)50-22-14-34-62-138-106-46-30-26-42-82(106)114-98-54-53-97(129-98)113-81-41-25-29-45-105(81)137-61-33-13-21-49-109(133)125-69-93(117(85)141-73-142-118)119(87)143-74-145-121(89)95-71-127-111(135)51-23-15-35-63-139-107-47-31-27-43-83(107)115(101-57-55-99(113)130-101)103-59-60-104(132-103)116(102-58-56-100(114)131-102)84-44-28-32-48-108(84)140-64-36-16-24-52-112(136)128-72-96(122(90)146-75-144-120(88)94)124(92)148-76-147-123(91)95/h25-32,41-48,53-60,65-68,77-80,129,132H,5-24,33-40,49-52,61-64,69-76H2,1-4H3,(H,125,133)(H,126,134)(H,127,135)(H,128,136). The Bertz CT molecular complexity index is 6080. The van der Waals surface area contributed by atoms with Crippen molar-refractivity contribution in [3.8, 4) is 114 Å². The number of amides is 4. The summed E-state index contributed by atoms with van der Waals surface area (Å²) < 4.78 is 87.8. The number of nitrogens with one attached hydrogen (secondary N) is 6. The van der Waals surface area contributed by atoms with Crippen LogP contribution in [0.25, 0.3) is 90.9 Å². The van der Waals surface area contributed by atoms with Gasteiger partial charge in [-0.05, 0) is 200 Å². The van der Waals surface area contributed by atoms with Gasteiger partial charge in [0.05, 0.1) is 97.6 Å². The van der Waals surface area contributed by atoms with Gasteiger partial charge in [-0.25, -0.2) is 9.97 Å². The second-order valence-electron chi connectivity index (χ2n) is 40.8. The number of carbonyl (C=O) groups is 4. The maximum atomic E-state index is 15.4. The fourth-order valence-electron chi connectivity index (χ4n) is 23.6. The first-order valence-corrected chi connectivity index (χ1v) is 54.9. The van der Waals surface area contributed by atoms with Crippen LogP contribution in [-0.4, -0.2) is 97.2 Å². The first-order chi connectivity index (χ1) is 73.0. The zero-order valence-corrected chi connectivity index (χ0v) is 86.0. The predicted molar refractivity (Wildman–Crippen MR) is 578 cm³/mol. The highest BCUT2D eigenvalue weighted by molar-refractivity contribution is 6.02. The quantitative estimate of drug-likeness (QED) is 0.0490. The van der Waals surface area contributed by atoms with Crippen LogP contribution in [0.3, 0.4) is 0 Å². The Morgan fingerprint density at radius 1 is 0.257 bits per heavy atom. The minimum atomic E-state index is -0.450. The molecule has 11 aliphatic heterocycles. The summed E-state index contributed by atoms with van der Waals surface area (Å²) in [5, 5.41) is 14.0. The highest BCUT2D eigenvalue weighted by atomic mass is 16.7. The number of carbonyl (C=O) groups excluding carboxylic acids is 4. The molecule has 0 saturated heterocycles. The number of para-hydroxylation sites is 4. The number of benzene rings is 8. The van der Waals surface area contributed by atoms with Gasteiger partial charge >= 0.3 is 0 Å². The van der Waals surface area contributed by atoms with E-state index in [4.69, 9.17) is 66.8 Å². The van der Waals surface area contributed by atoms with E-state index in [-0.39, 0.29) is 103 Å². The number of fused-ring (bicyclic) bond motifs is 20. The average Bonchev–Trinajstić information content (AvgIpc) is 0.756. The number of nitrogens with zero attached hydrogens (tertiary/aromatic N) is 2. The van der Waals surface area contributed by atoms with Crippen LogP contribution in [0.5, 0.6) is 69.0 Å². The molecule has 11 aliphatic rings. The van der Waals surface area contributed by atoms with Crippen LogP contribution in [0.1, 0.15) is 346 Å². The summed E-state index contributed by atoms with van der Waals surface area (Å²) in [6.07, 6.45) is 30.0. The van der Waals surface area contributed by atoms with E-state index >= 15 is 19.2 Å². The van der Waals surface area contributed by atoms with Gasteiger partial charge in [-0.15, -0.1) is 0 Å². The molecule has 24 nitrogen and oxygen atoms in total. The fraction of sp³-hybridized carbons (Fsp3) is 0.419. The SMILES string of the molecule is CCCCCC1c2cc3c4c5c2OCOc2c1cc1c6c2CNC(=O)CCCCCOc2ccccc2-c2c7nc(c(c8ccc([nH]8)c8c9nc(c(c%10ccc2[nH]%10)-c2ccccc2OCCCCCC(=O)NCc2c(c(cc%10c2OCOc2c(cc(c(c2CNC(=O)CCCCCOc2ccccc2-8)OCO4)C3CCCCC)C%10CCCCC)C1CCCCC)OCO6)C=C9)-c1ccccc1OCCCCCC(=O)NC5)C=C7. The Morgan fingerprint density at radius 3 is 0.689 bits per heavy atom. The molecule has 4 amide bonds. The number of ether oxygens (including phenoxy) is 12. The molecule has 22 rings (SSSR count). The number of hydrogen-bond donors (Lipinski definition) is 6. The monoisotopic (exact) mass is 2000 g/mol. The minimum Gasteiger partial charge on any atom is -0.493 e. The molecule has 6 N–H and O–H groups in total. The van der Waals surface area contributed by atoms with Crippen LogP contribution in [0.15, 0.2) is 146 Å². The molecular weight excluding hydrogens is 1860 g/mol. The van der Waals surface area contributed by atoms with Gasteiger partial charge in [0.2, 0.25) is 50.8 Å². The molecule has 24 heteroatoms. The highest BCUT2D eigenvalue weighted by Gasteiger charge is 2.43. The lowest BCUT2D eigenvalue weighted by Crippen LogP contribution is -2.29. The summed E-state index contributed by atoms with van der Waals surface area (Å²) in [6, 6.07) is 50.6. The van der Waals surface area contributed by atoms with Crippen LogP contribution in [0.2, 0.25) is 0 Å². The van der Waals surface area contributed by atoms with Gasteiger partial charge in [0, 0.05) is 160 Å². The van der Waals surface area contributed by atoms with Gasteiger partial charge in [-0.1, -0.05) is 178 Å². The largest absolute Gasteiger partial charge is 0.493 e. The van der Waals surface area contributed by atoms with Crippen molar-refractivity contribution in [1.29, 1.82) is 0 Å². The smallest absolute Gasteiger partial charge is 0.230 e. The summed E-state index contributed by atoms with van der Waals surface area (Å²) in [6.45, 7) is 9.37. The molecule has 30 bridgehead atoms. The second-order valence-corrected chi connectivity index (χ2v) is 40.8. The summed E-state index contributed by atoms with van der Waals surface area (Å²) in [7, 11) is 0. The first kappa shape index (κ1) is 99.8. The molecule has 11 aromatic rings. The number of rotatable bonds is 16. The van der Waals surface area contributed by atoms with E-state index in [1.807, 2.05) is 72.8 Å². The maximum absolute atomic E-state index is 15.4. The normalized spacial score (nSPS) is 18.4. The van der Waals surface area contributed by atoms with Crippen LogP contribution >= 0.6 is 0 Å². The molecule has 0 atom stereocenters. The van der Waals surface area contributed by atoms with E-state index < -0.39 is 23.7 Å². The molecule has 14 heterocycles. The average molecular weight is 2000 g/mol. The van der Waals surface area contributed by atoms with Crippen molar-refractivity contribution < 1.29 is 76.0 Å². The molecule has 0 saturated carbocycles. The Balaban J connectivity index is 0.831. The fourth-order valence-corrected chi connectivity index (χ4v) is 23.6. The number of unbranched alkanes of at least 4 members (excludes halogenated alkanes) is 8. The third-order valence-electron chi connectivity index (χ3n) is 31.0. The van der Waals surface area contributed by atoms with E-state index in [0.717, 1.165) is 188 Å². The third kappa shape index (κ3) is 21.3. The van der Waals surface area contributed by atoms with Gasteiger partial charge in [0.15, 0.2) is 0 Å². The second kappa shape index (κ2) is 46.9. The van der Waals surface area contributed by atoms with Crippen molar-refractivity contribution in [2.45, 2.75) is 283 Å². The van der Waals surface area contributed by atoms with E-state index in [2.05, 4.69) is 156 Å². The topological polar surface area (TPSA) is 285 Å². The molecule has 3 aromatic heterocycles. The van der Waals surface area contributed by atoms with Crippen molar-refractivity contribution in [2.24, 2.45) is 0 Å². The van der Waals surface area contributed by atoms with E-state index in [1.165, 1.54) is 0 Å². The van der Waals surface area contributed by atoms with E-state index in [1.54, 1.807) is 0 Å². The van der Waals surface area contributed by atoms with Crippen LogP contribution in [0, 0.1) is 0 Å². The summed E-state index contributed by atoms with van der Waals surface area (Å²) in [5.74, 6) is 4.67. The maximum Gasteiger partial charge on any atom is 0.230 e. The molecule has 0 aliphatic carbocycles. The minimum absolute atomic E-state index is 0.0306. The Kier molecular flexibility index (Phi) is 31.6. The van der Waals surface area contributed by atoms with Crippen molar-refractivity contribution in [3.63, 3.8) is 0 Å². The van der Waals surface area contributed by atoms with Gasteiger partial charge in [-0.2, -0.15) is 0 Å². The van der Waals surface area contributed by atoms with Crippen LogP contribution < -0.4 is 78.1 Å². The Labute approximate surface area is 867 Å². The molecule has 770 valence electrons. The van der Waals surface area contributed by atoms with Crippen LogP contribution in [-0.2, 0) is 45.4 Å². The van der Waals surface area contributed by atoms with Gasteiger partial charge in [-0.3, -0.25) is 19.2 Å². The van der Waals surface area contributed by atoms with Gasteiger partial charge in [0.25, 0.3) is 0 Å². The van der Waals surface area contributed by atoms with E-state index in [9.17, 15) is 0 Å². The lowest BCUT2D eigenvalue weighted by Gasteiger charge is -2.38. The summed E-state index contributed by atoms with van der Waals surface area (Å²) >= 11 is 0. The van der Waals surface area contributed by atoms with Crippen molar-refractivity contribution in [2.75, 3.05) is 53.6 Å². The number of hydrogen-bond acceptors (Lipinski definition) is 18. The first-order valence-electron chi connectivity index (χ1n) is 54.9. The molecular formula is C124H138N8O16. The van der Waals surface area contributed by atoms with Gasteiger partial charge in [0.1, 0.15) is 69.0 Å². The molecule has 0 fully saturated rings. The Hall–Kier alpha value is -14.2. The molecule has 0 spiro atoms. The summed E-state index contributed by atoms with van der Waals surface area (Å²) in [4.78, 5) is 81.2. The lowest BCUT2D eigenvalue weighted by molar-refractivity contribution is -0.122. The molecule has 0 unspecified atom stereocenters. The number of H-pyrrole nitrogens is 2. The summed E-state index contributed by atoms with van der Waals surface area (Å²) in [5.41, 5.74) is 22.1. The Morgan fingerprint density at radius 2 is 0.473 bits per heavy atom. The van der Waals surface area contributed by atoms with Crippen molar-refractivity contribution in [1.82, 2.24) is 41.2 Å². The number of aromatic nitrogens is 4. The lowest BCUT2D eigenvalue weighted by atomic mass is 9.74. The molecule has 8 aromatic carbocycles. The van der Waals surface area contributed by atoms with Gasteiger partial charge < -0.3 is 88.1 Å². The number of aromatic amines is 2. The molecule has 148 heavy (non-hydrogen) atoms.